The summed E-state index contributed by atoms with van der Waals surface area (Å²) in [4.78, 5) is 22.4. The van der Waals surface area contributed by atoms with E-state index >= 15 is 0 Å². The van der Waals surface area contributed by atoms with Crippen molar-refractivity contribution in [2.24, 2.45) is 0 Å². The maximum atomic E-state index is 11.8. The van der Waals surface area contributed by atoms with Gasteiger partial charge in [0, 0.05) is 5.56 Å². The number of benzene rings is 1. The smallest absolute Gasteiger partial charge is 0.328 e. The fraction of sp³-hybridized carbons (Fsp3) is 0.333. The number of esters is 1. The highest BCUT2D eigenvalue weighted by Gasteiger charge is 2.26. The lowest BCUT2D eigenvalue weighted by Gasteiger charge is -2.11. The van der Waals surface area contributed by atoms with E-state index in [1.54, 1.807) is 38.1 Å². The molecule has 0 radical (unpaired) electrons. The summed E-state index contributed by atoms with van der Waals surface area (Å²) in [5.41, 5.74) is 0.491. The van der Waals surface area contributed by atoms with Gasteiger partial charge in [0.1, 0.15) is 0 Å². The molecule has 1 aromatic carbocycles. The summed E-state index contributed by atoms with van der Waals surface area (Å²) < 4.78 is 4.95. The minimum atomic E-state index is -0.933. The van der Waals surface area contributed by atoms with Crippen LogP contribution in [0.3, 0.4) is 0 Å². The zero-order valence-electron chi connectivity index (χ0n) is 9.14. The third-order valence-corrected chi connectivity index (χ3v) is 2.64. The highest BCUT2D eigenvalue weighted by Crippen LogP contribution is 2.12. The number of hydrogen-bond donors (Lipinski definition) is 0. The van der Waals surface area contributed by atoms with Crippen molar-refractivity contribution in [3.63, 3.8) is 0 Å². The number of rotatable bonds is 4. The number of alkyl halides is 1. The topological polar surface area (TPSA) is 43.4 Å². The van der Waals surface area contributed by atoms with Gasteiger partial charge >= 0.3 is 5.97 Å². The number of Topliss-reactive ketones (excluding diaryl/α,β-unsaturated/α-hetero) is 1. The van der Waals surface area contributed by atoms with Gasteiger partial charge in [0.25, 0.3) is 0 Å². The van der Waals surface area contributed by atoms with Crippen LogP contribution in [-0.2, 0) is 9.53 Å². The predicted molar refractivity (Wildman–Crippen MR) is 64.7 cm³/mol. The molecule has 0 amide bonds. The molecule has 0 bridgehead atoms. The molecule has 1 rings (SSSR count). The number of halogens is 1. The van der Waals surface area contributed by atoms with E-state index in [9.17, 15) is 9.59 Å². The van der Waals surface area contributed by atoms with Gasteiger partial charge in [-0.2, -0.15) is 0 Å². The Morgan fingerprint density at radius 2 is 1.75 bits per heavy atom. The van der Waals surface area contributed by atoms with Crippen molar-refractivity contribution < 1.29 is 14.3 Å². The minimum absolute atomic E-state index is 0.226. The van der Waals surface area contributed by atoms with Crippen molar-refractivity contribution >= 4 is 27.7 Å². The molecular weight excluding hydrogens is 272 g/mol. The highest BCUT2D eigenvalue weighted by molar-refractivity contribution is 9.10. The second-order valence-electron chi connectivity index (χ2n) is 3.58. The highest BCUT2D eigenvalue weighted by atomic mass is 79.9. The summed E-state index contributed by atoms with van der Waals surface area (Å²) in [6.45, 7) is 3.48. The molecule has 1 unspecified atom stereocenters. The molecule has 0 saturated heterocycles. The molecule has 0 N–H and O–H groups in total. The normalized spacial score (nSPS) is 12.2. The van der Waals surface area contributed by atoms with Crippen LogP contribution in [0.5, 0.6) is 0 Å². The standard InChI is InChI=1S/C12H13BrO3/c1-8(2)16-12(15)10(13)11(14)9-6-4-3-5-7-9/h3-8,10H,1-2H3. The minimum Gasteiger partial charge on any atom is -0.462 e. The van der Waals surface area contributed by atoms with Gasteiger partial charge in [-0.3, -0.25) is 9.59 Å². The first-order chi connectivity index (χ1) is 7.52. The molecule has 0 aliphatic carbocycles. The molecule has 4 heteroatoms. The molecule has 16 heavy (non-hydrogen) atoms. The summed E-state index contributed by atoms with van der Waals surface area (Å²) in [7, 11) is 0. The average molecular weight is 285 g/mol. The number of hydrogen-bond acceptors (Lipinski definition) is 3. The molecule has 0 fully saturated rings. The summed E-state index contributed by atoms with van der Waals surface area (Å²) >= 11 is 3.05. The SMILES string of the molecule is CC(C)OC(=O)C(Br)C(=O)c1ccccc1. The third kappa shape index (κ3) is 3.45. The van der Waals surface area contributed by atoms with Crippen LogP contribution in [0.2, 0.25) is 0 Å². The molecule has 0 aliphatic rings. The molecule has 0 aliphatic heterocycles. The molecule has 0 spiro atoms. The molecule has 0 heterocycles. The van der Waals surface area contributed by atoms with Crippen molar-refractivity contribution in [2.45, 2.75) is 24.8 Å². The number of carbonyl (C=O) groups is 2. The van der Waals surface area contributed by atoms with Gasteiger partial charge in [0.05, 0.1) is 6.10 Å². The Morgan fingerprint density at radius 1 is 1.19 bits per heavy atom. The average Bonchev–Trinajstić information content (AvgIpc) is 2.27. The Hall–Kier alpha value is -1.16. The molecular formula is C12H13BrO3. The van der Waals surface area contributed by atoms with Crippen LogP contribution in [0.15, 0.2) is 30.3 Å². The zero-order valence-corrected chi connectivity index (χ0v) is 10.7. The van der Waals surface area contributed by atoms with E-state index < -0.39 is 10.8 Å². The fourth-order valence-corrected chi connectivity index (χ4v) is 1.52. The van der Waals surface area contributed by atoms with E-state index in [0.717, 1.165) is 0 Å². The summed E-state index contributed by atoms with van der Waals surface area (Å²) in [6, 6.07) is 8.65. The van der Waals surface area contributed by atoms with Gasteiger partial charge in [-0.1, -0.05) is 46.3 Å². The molecule has 3 nitrogen and oxygen atoms in total. The van der Waals surface area contributed by atoms with Crippen LogP contribution >= 0.6 is 15.9 Å². The van der Waals surface area contributed by atoms with Crippen LogP contribution in [0.25, 0.3) is 0 Å². The Labute approximate surface area is 103 Å². The summed E-state index contributed by atoms with van der Waals surface area (Å²) in [5.74, 6) is -0.838. The first kappa shape index (κ1) is 12.9. The Morgan fingerprint density at radius 3 is 2.25 bits per heavy atom. The second kappa shape index (κ2) is 5.80. The number of carbonyl (C=O) groups excluding carboxylic acids is 2. The number of ether oxygens (including phenoxy) is 1. The van der Waals surface area contributed by atoms with Gasteiger partial charge in [-0.05, 0) is 13.8 Å². The molecule has 0 aromatic heterocycles. The first-order valence-electron chi connectivity index (χ1n) is 4.96. The lowest BCUT2D eigenvalue weighted by Crippen LogP contribution is -2.28. The lowest BCUT2D eigenvalue weighted by atomic mass is 10.1. The lowest BCUT2D eigenvalue weighted by molar-refractivity contribution is -0.145. The van der Waals surface area contributed by atoms with Gasteiger partial charge in [-0.25, -0.2) is 0 Å². The second-order valence-corrected chi connectivity index (χ2v) is 4.49. The van der Waals surface area contributed by atoms with Crippen LogP contribution in [0.1, 0.15) is 24.2 Å². The Kier molecular flexibility index (Phi) is 4.68. The maximum absolute atomic E-state index is 11.8. The van der Waals surface area contributed by atoms with Gasteiger partial charge in [0.15, 0.2) is 10.6 Å². The summed E-state index contributed by atoms with van der Waals surface area (Å²) in [5, 5.41) is 0. The zero-order chi connectivity index (χ0) is 12.1. The van der Waals surface area contributed by atoms with Crippen LogP contribution in [0.4, 0.5) is 0 Å². The molecule has 0 saturated carbocycles. The van der Waals surface area contributed by atoms with Crippen molar-refractivity contribution in [2.75, 3.05) is 0 Å². The van der Waals surface area contributed by atoms with Crippen molar-refractivity contribution in [3.05, 3.63) is 35.9 Å². The van der Waals surface area contributed by atoms with Crippen LogP contribution < -0.4 is 0 Å². The van der Waals surface area contributed by atoms with Crippen molar-refractivity contribution in [1.82, 2.24) is 0 Å². The monoisotopic (exact) mass is 284 g/mol. The molecule has 86 valence electrons. The Bertz CT molecular complexity index is 373. The van der Waals surface area contributed by atoms with E-state index in [1.165, 1.54) is 0 Å². The van der Waals surface area contributed by atoms with Gasteiger partial charge in [-0.15, -0.1) is 0 Å². The van der Waals surface area contributed by atoms with Crippen molar-refractivity contribution in [1.29, 1.82) is 0 Å². The predicted octanol–water partition coefficient (Wildman–Crippen LogP) is 2.58. The van der Waals surface area contributed by atoms with E-state index in [1.807, 2.05) is 6.07 Å². The van der Waals surface area contributed by atoms with Crippen LogP contribution in [-0.4, -0.2) is 22.7 Å². The maximum Gasteiger partial charge on any atom is 0.328 e. The van der Waals surface area contributed by atoms with E-state index in [-0.39, 0.29) is 11.9 Å². The van der Waals surface area contributed by atoms with Gasteiger partial charge in [0.2, 0.25) is 0 Å². The van der Waals surface area contributed by atoms with Crippen molar-refractivity contribution in [3.8, 4) is 0 Å². The fourth-order valence-electron chi connectivity index (χ4n) is 1.15. The first-order valence-corrected chi connectivity index (χ1v) is 5.87. The van der Waals surface area contributed by atoms with E-state index in [2.05, 4.69) is 15.9 Å². The van der Waals surface area contributed by atoms with Gasteiger partial charge < -0.3 is 4.74 Å². The van der Waals surface area contributed by atoms with Crippen LogP contribution in [0, 0.1) is 0 Å². The van der Waals surface area contributed by atoms with E-state index in [0.29, 0.717) is 5.56 Å². The number of ketones is 1. The molecule has 1 aromatic rings. The Balaban J connectivity index is 2.72. The largest absolute Gasteiger partial charge is 0.462 e. The van der Waals surface area contributed by atoms with E-state index in [4.69, 9.17) is 4.74 Å². The third-order valence-electron chi connectivity index (χ3n) is 1.85. The molecule has 1 atom stereocenters. The summed E-state index contributed by atoms with van der Waals surface area (Å²) in [6.07, 6.45) is -0.226. The quantitative estimate of drug-likeness (QED) is 0.369.